The number of cyclic esters (lactones) is 1. The standard InChI is InChI=1S/C9H5ClFNO2/c10-5-1-2-6(7(11)3-5)9-12-4-8(13)14-9/h1-3H,4H2. The summed E-state index contributed by atoms with van der Waals surface area (Å²) in [5, 5.41) is 0.288. The molecular weight excluding hydrogens is 209 g/mol. The second kappa shape index (κ2) is 3.38. The largest absolute Gasteiger partial charge is 0.406 e. The van der Waals surface area contributed by atoms with Gasteiger partial charge in [0.15, 0.2) is 0 Å². The van der Waals surface area contributed by atoms with Crippen LogP contribution in [-0.4, -0.2) is 18.4 Å². The minimum atomic E-state index is -0.550. The Balaban J connectivity index is 2.38. The Hall–Kier alpha value is -1.42. The van der Waals surface area contributed by atoms with Gasteiger partial charge in [-0.25, -0.2) is 14.2 Å². The minimum Gasteiger partial charge on any atom is -0.406 e. The van der Waals surface area contributed by atoms with E-state index in [-0.39, 0.29) is 23.0 Å². The molecule has 0 amide bonds. The van der Waals surface area contributed by atoms with Crippen molar-refractivity contribution in [1.82, 2.24) is 0 Å². The summed E-state index contributed by atoms with van der Waals surface area (Å²) < 4.78 is 18.0. The second-order valence-corrected chi connectivity index (χ2v) is 3.16. The highest BCUT2D eigenvalue weighted by Gasteiger charge is 2.20. The Kier molecular flexibility index (Phi) is 2.21. The maximum atomic E-state index is 13.3. The van der Waals surface area contributed by atoms with Crippen molar-refractivity contribution < 1.29 is 13.9 Å². The van der Waals surface area contributed by atoms with Crippen LogP contribution in [0.3, 0.4) is 0 Å². The molecule has 1 aliphatic heterocycles. The Morgan fingerprint density at radius 2 is 2.29 bits per heavy atom. The van der Waals surface area contributed by atoms with Crippen LogP contribution in [0.4, 0.5) is 4.39 Å². The average Bonchev–Trinajstić information content (AvgIpc) is 2.51. The minimum absolute atomic E-state index is 0.0177. The first kappa shape index (κ1) is 9.15. The molecule has 0 atom stereocenters. The third kappa shape index (κ3) is 1.61. The molecular formula is C9H5ClFNO2. The maximum absolute atomic E-state index is 13.3. The lowest BCUT2D eigenvalue weighted by atomic mass is 10.2. The molecule has 0 fully saturated rings. The number of hydrogen-bond donors (Lipinski definition) is 0. The number of esters is 1. The van der Waals surface area contributed by atoms with Crippen LogP contribution in [0.2, 0.25) is 5.02 Å². The fourth-order valence-electron chi connectivity index (χ4n) is 1.11. The molecule has 1 aromatic carbocycles. The van der Waals surface area contributed by atoms with E-state index in [0.29, 0.717) is 0 Å². The van der Waals surface area contributed by atoms with E-state index in [1.807, 2.05) is 0 Å². The molecule has 0 unspecified atom stereocenters. The highest BCUT2D eigenvalue weighted by Crippen LogP contribution is 2.17. The van der Waals surface area contributed by atoms with Gasteiger partial charge >= 0.3 is 5.97 Å². The predicted octanol–water partition coefficient (Wildman–Crippen LogP) is 1.78. The smallest absolute Gasteiger partial charge is 0.334 e. The van der Waals surface area contributed by atoms with Gasteiger partial charge in [-0.05, 0) is 18.2 Å². The fraction of sp³-hybridized carbons (Fsp3) is 0.111. The number of halogens is 2. The molecule has 0 aromatic heterocycles. The van der Waals surface area contributed by atoms with Crippen LogP contribution in [0.15, 0.2) is 23.2 Å². The Labute approximate surface area is 84.2 Å². The van der Waals surface area contributed by atoms with Crippen molar-refractivity contribution in [3.05, 3.63) is 34.6 Å². The molecule has 0 radical (unpaired) electrons. The topological polar surface area (TPSA) is 38.7 Å². The van der Waals surface area contributed by atoms with Gasteiger partial charge in [0.05, 0.1) is 5.56 Å². The van der Waals surface area contributed by atoms with Crippen molar-refractivity contribution >= 4 is 23.5 Å². The quantitative estimate of drug-likeness (QED) is 0.667. The maximum Gasteiger partial charge on any atom is 0.334 e. The van der Waals surface area contributed by atoms with Crippen LogP contribution in [0.25, 0.3) is 0 Å². The number of nitrogens with zero attached hydrogens (tertiary/aromatic N) is 1. The molecule has 0 N–H and O–H groups in total. The molecule has 14 heavy (non-hydrogen) atoms. The third-order valence-corrected chi connectivity index (χ3v) is 1.96. The van der Waals surface area contributed by atoms with Gasteiger partial charge < -0.3 is 4.74 Å². The molecule has 0 saturated carbocycles. The van der Waals surface area contributed by atoms with E-state index in [9.17, 15) is 9.18 Å². The van der Waals surface area contributed by atoms with Crippen LogP contribution < -0.4 is 0 Å². The van der Waals surface area contributed by atoms with E-state index in [2.05, 4.69) is 4.99 Å². The summed E-state index contributed by atoms with van der Waals surface area (Å²) in [4.78, 5) is 14.5. The van der Waals surface area contributed by atoms with Crippen LogP contribution in [0, 0.1) is 5.82 Å². The van der Waals surface area contributed by atoms with Gasteiger partial charge in [0.1, 0.15) is 12.4 Å². The van der Waals surface area contributed by atoms with Gasteiger partial charge in [-0.15, -0.1) is 0 Å². The molecule has 0 bridgehead atoms. The zero-order valence-electron chi connectivity index (χ0n) is 6.96. The summed E-state index contributed by atoms with van der Waals surface area (Å²) in [5.41, 5.74) is 0.153. The SMILES string of the molecule is O=C1CN=C(c2ccc(Cl)cc2F)O1. The number of carbonyl (C=O) groups excluding carboxylic acids is 1. The lowest BCUT2D eigenvalue weighted by Gasteiger charge is -2.01. The summed E-state index contributed by atoms with van der Waals surface area (Å²) >= 11 is 5.56. The zero-order valence-corrected chi connectivity index (χ0v) is 7.71. The van der Waals surface area contributed by atoms with E-state index in [1.54, 1.807) is 0 Å². The molecule has 1 aliphatic rings. The van der Waals surface area contributed by atoms with Gasteiger partial charge in [0, 0.05) is 5.02 Å². The number of ether oxygens (including phenoxy) is 1. The van der Waals surface area contributed by atoms with Crippen molar-refractivity contribution in [1.29, 1.82) is 0 Å². The predicted molar refractivity (Wildman–Crippen MR) is 48.9 cm³/mol. The average molecular weight is 214 g/mol. The summed E-state index contributed by atoms with van der Waals surface area (Å²) in [6.45, 7) is -0.0581. The van der Waals surface area contributed by atoms with Gasteiger partial charge in [-0.3, -0.25) is 0 Å². The summed E-state index contributed by atoms with van der Waals surface area (Å²) in [6.07, 6.45) is 0. The van der Waals surface area contributed by atoms with Gasteiger partial charge in [-0.2, -0.15) is 0 Å². The van der Waals surface area contributed by atoms with Crippen LogP contribution in [-0.2, 0) is 9.53 Å². The second-order valence-electron chi connectivity index (χ2n) is 2.72. The van der Waals surface area contributed by atoms with Crippen molar-refractivity contribution in [3.8, 4) is 0 Å². The Morgan fingerprint density at radius 3 is 2.86 bits per heavy atom. The molecule has 0 aliphatic carbocycles. The van der Waals surface area contributed by atoms with Gasteiger partial charge in [0.25, 0.3) is 0 Å². The highest BCUT2D eigenvalue weighted by atomic mass is 35.5. The van der Waals surface area contributed by atoms with Crippen molar-refractivity contribution in [2.45, 2.75) is 0 Å². The number of benzene rings is 1. The molecule has 0 saturated heterocycles. The lowest BCUT2D eigenvalue weighted by Crippen LogP contribution is -2.07. The number of hydrogen-bond acceptors (Lipinski definition) is 3. The van der Waals surface area contributed by atoms with Crippen LogP contribution >= 0.6 is 11.6 Å². The van der Waals surface area contributed by atoms with E-state index >= 15 is 0 Å². The molecule has 72 valence electrons. The third-order valence-electron chi connectivity index (χ3n) is 1.72. The first-order chi connectivity index (χ1) is 6.66. The van der Waals surface area contributed by atoms with Crippen LogP contribution in [0.1, 0.15) is 5.56 Å². The number of rotatable bonds is 1. The lowest BCUT2D eigenvalue weighted by molar-refractivity contribution is -0.132. The Bertz CT molecular complexity index is 431. The van der Waals surface area contributed by atoms with Crippen molar-refractivity contribution in [3.63, 3.8) is 0 Å². The molecule has 0 spiro atoms. The summed E-state index contributed by atoms with van der Waals surface area (Å²) in [7, 11) is 0. The zero-order chi connectivity index (χ0) is 10.1. The van der Waals surface area contributed by atoms with Gasteiger partial charge in [-0.1, -0.05) is 11.6 Å². The summed E-state index contributed by atoms with van der Waals surface area (Å²) in [6, 6.07) is 4.08. The fourth-order valence-corrected chi connectivity index (χ4v) is 1.27. The molecule has 3 nitrogen and oxygen atoms in total. The normalized spacial score (nSPS) is 15.3. The number of carbonyl (C=O) groups is 1. The van der Waals surface area contributed by atoms with E-state index in [0.717, 1.165) is 6.07 Å². The monoisotopic (exact) mass is 213 g/mol. The first-order valence-electron chi connectivity index (χ1n) is 3.87. The van der Waals surface area contributed by atoms with Crippen LogP contribution in [0.5, 0.6) is 0 Å². The molecule has 5 heteroatoms. The highest BCUT2D eigenvalue weighted by molar-refractivity contribution is 6.30. The summed E-state index contributed by atoms with van der Waals surface area (Å²) in [5.74, 6) is -1.01. The molecule has 2 rings (SSSR count). The van der Waals surface area contributed by atoms with E-state index < -0.39 is 11.8 Å². The van der Waals surface area contributed by atoms with Crippen molar-refractivity contribution in [2.75, 3.05) is 6.54 Å². The van der Waals surface area contributed by atoms with Gasteiger partial charge in [0.2, 0.25) is 5.90 Å². The molecule has 1 aromatic rings. The Morgan fingerprint density at radius 1 is 1.50 bits per heavy atom. The number of aliphatic imine (C=N–C) groups is 1. The van der Waals surface area contributed by atoms with Crippen molar-refractivity contribution in [2.24, 2.45) is 4.99 Å². The van der Waals surface area contributed by atoms with E-state index in [1.165, 1.54) is 12.1 Å². The molecule has 1 heterocycles. The first-order valence-corrected chi connectivity index (χ1v) is 4.25. The van der Waals surface area contributed by atoms with E-state index in [4.69, 9.17) is 16.3 Å².